The third-order valence-corrected chi connectivity index (χ3v) is 4.93. The fourth-order valence-electron chi connectivity index (χ4n) is 2.56. The SMILES string of the molecule is CC(C)(C)NCc1ccc(SCCCN2CCCC2)cc1. The zero-order valence-electron chi connectivity index (χ0n) is 13.8. The van der Waals surface area contributed by atoms with Crippen LogP contribution in [0.15, 0.2) is 29.2 Å². The molecule has 1 aromatic carbocycles. The number of nitrogens with zero attached hydrogens (tertiary/aromatic N) is 1. The number of nitrogens with one attached hydrogen (secondary N) is 1. The van der Waals surface area contributed by atoms with Gasteiger partial charge in [-0.2, -0.15) is 0 Å². The highest BCUT2D eigenvalue weighted by atomic mass is 32.2. The van der Waals surface area contributed by atoms with Crippen molar-refractivity contribution in [3.8, 4) is 0 Å². The van der Waals surface area contributed by atoms with Crippen LogP contribution in [0.4, 0.5) is 0 Å². The maximum atomic E-state index is 3.53. The third-order valence-electron chi connectivity index (χ3n) is 3.83. The summed E-state index contributed by atoms with van der Waals surface area (Å²) in [5.74, 6) is 1.23. The van der Waals surface area contributed by atoms with E-state index in [0.29, 0.717) is 0 Å². The van der Waals surface area contributed by atoms with Crippen molar-refractivity contribution >= 4 is 11.8 Å². The van der Waals surface area contributed by atoms with Gasteiger partial charge < -0.3 is 10.2 Å². The molecule has 0 aliphatic carbocycles. The lowest BCUT2D eigenvalue weighted by atomic mass is 10.1. The molecule has 1 aromatic rings. The van der Waals surface area contributed by atoms with E-state index in [0.717, 1.165) is 6.54 Å². The maximum Gasteiger partial charge on any atom is 0.0210 e. The minimum absolute atomic E-state index is 0.184. The molecular formula is C18H30N2S. The molecule has 1 aliphatic heterocycles. The van der Waals surface area contributed by atoms with E-state index in [9.17, 15) is 0 Å². The first-order chi connectivity index (χ1) is 10.0. The van der Waals surface area contributed by atoms with Gasteiger partial charge in [-0.25, -0.2) is 0 Å². The summed E-state index contributed by atoms with van der Waals surface area (Å²) in [5, 5.41) is 3.53. The Kier molecular flexibility index (Phi) is 6.59. The number of likely N-dealkylation sites (tertiary alicyclic amines) is 1. The molecule has 1 saturated heterocycles. The van der Waals surface area contributed by atoms with Crippen LogP contribution in [-0.4, -0.2) is 35.8 Å². The Labute approximate surface area is 134 Å². The molecule has 118 valence electrons. The molecule has 1 fully saturated rings. The van der Waals surface area contributed by atoms with Gasteiger partial charge in [-0.05, 0) is 83.1 Å². The van der Waals surface area contributed by atoms with Crippen LogP contribution >= 0.6 is 11.8 Å². The van der Waals surface area contributed by atoms with Crippen molar-refractivity contribution in [3.63, 3.8) is 0 Å². The van der Waals surface area contributed by atoms with Crippen molar-refractivity contribution in [1.29, 1.82) is 0 Å². The summed E-state index contributed by atoms with van der Waals surface area (Å²) in [6, 6.07) is 9.03. The molecule has 2 rings (SSSR count). The second kappa shape index (κ2) is 8.21. The lowest BCUT2D eigenvalue weighted by Crippen LogP contribution is -2.35. The van der Waals surface area contributed by atoms with Crippen LogP contribution in [0.2, 0.25) is 0 Å². The quantitative estimate of drug-likeness (QED) is 0.602. The fraction of sp³-hybridized carbons (Fsp3) is 0.667. The second-order valence-electron chi connectivity index (χ2n) is 7.00. The van der Waals surface area contributed by atoms with Gasteiger partial charge in [0, 0.05) is 17.0 Å². The normalized spacial score (nSPS) is 16.5. The number of thioether (sulfide) groups is 1. The minimum atomic E-state index is 0.184. The molecular weight excluding hydrogens is 276 g/mol. The minimum Gasteiger partial charge on any atom is -0.308 e. The largest absolute Gasteiger partial charge is 0.308 e. The number of benzene rings is 1. The van der Waals surface area contributed by atoms with Crippen LogP contribution in [0.5, 0.6) is 0 Å². The van der Waals surface area contributed by atoms with Crippen molar-refractivity contribution in [1.82, 2.24) is 10.2 Å². The molecule has 0 amide bonds. The Morgan fingerprint density at radius 1 is 1.10 bits per heavy atom. The predicted octanol–water partition coefficient (Wildman–Crippen LogP) is 4.15. The molecule has 3 heteroatoms. The van der Waals surface area contributed by atoms with Crippen molar-refractivity contribution in [3.05, 3.63) is 29.8 Å². The smallest absolute Gasteiger partial charge is 0.0210 e. The summed E-state index contributed by atoms with van der Waals surface area (Å²) in [6.07, 6.45) is 4.10. The van der Waals surface area contributed by atoms with Crippen molar-refractivity contribution in [2.24, 2.45) is 0 Å². The van der Waals surface area contributed by atoms with Gasteiger partial charge in [0.2, 0.25) is 0 Å². The summed E-state index contributed by atoms with van der Waals surface area (Å²) in [7, 11) is 0. The zero-order valence-corrected chi connectivity index (χ0v) is 14.6. The van der Waals surface area contributed by atoms with Crippen LogP contribution in [-0.2, 0) is 6.54 Å². The van der Waals surface area contributed by atoms with E-state index < -0.39 is 0 Å². The van der Waals surface area contributed by atoms with Gasteiger partial charge >= 0.3 is 0 Å². The number of rotatable bonds is 7. The fourth-order valence-corrected chi connectivity index (χ4v) is 3.39. The molecule has 0 saturated carbocycles. The number of hydrogen-bond donors (Lipinski definition) is 1. The Morgan fingerprint density at radius 3 is 2.38 bits per heavy atom. The van der Waals surface area contributed by atoms with Crippen molar-refractivity contribution < 1.29 is 0 Å². The third kappa shape index (κ3) is 6.86. The Hall–Kier alpha value is -0.510. The van der Waals surface area contributed by atoms with Gasteiger partial charge in [0.1, 0.15) is 0 Å². The van der Waals surface area contributed by atoms with E-state index >= 15 is 0 Å². The van der Waals surface area contributed by atoms with Gasteiger partial charge in [0.15, 0.2) is 0 Å². The van der Waals surface area contributed by atoms with Gasteiger partial charge in [-0.1, -0.05) is 12.1 Å². The van der Waals surface area contributed by atoms with Gasteiger partial charge in [0.05, 0.1) is 0 Å². The Bertz CT molecular complexity index is 402. The average molecular weight is 307 g/mol. The van der Waals surface area contributed by atoms with E-state index in [2.05, 4.69) is 55.3 Å². The van der Waals surface area contributed by atoms with Crippen LogP contribution in [0.3, 0.4) is 0 Å². The standard InChI is InChI=1S/C18H30N2S/c1-18(2,3)19-15-16-7-9-17(10-8-16)21-14-6-13-20-11-4-5-12-20/h7-10,19H,4-6,11-15H2,1-3H3. The highest BCUT2D eigenvalue weighted by Crippen LogP contribution is 2.20. The highest BCUT2D eigenvalue weighted by Gasteiger charge is 2.10. The molecule has 0 unspecified atom stereocenters. The maximum absolute atomic E-state index is 3.53. The second-order valence-corrected chi connectivity index (χ2v) is 8.17. The average Bonchev–Trinajstić information content (AvgIpc) is 2.95. The first kappa shape index (κ1) is 16.9. The van der Waals surface area contributed by atoms with Crippen LogP contribution in [0.25, 0.3) is 0 Å². The molecule has 0 aromatic heterocycles. The lowest BCUT2D eigenvalue weighted by molar-refractivity contribution is 0.341. The first-order valence-electron chi connectivity index (χ1n) is 8.22. The van der Waals surface area contributed by atoms with Gasteiger partial charge in [-0.3, -0.25) is 0 Å². The lowest BCUT2D eigenvalue weighted by Gasteiger charge is -2.20. The van der Waals surface area contributed by atoms with Gasteiger partial charge in [-0.15, -0.1) is 11.8 Å². The molecule has 21 heavy (non-hydrogen) atoms. The monoisotopic (exact) mass is 306 g/mol. The van der Waals surface area contributed by atoms with E-state index in [1.807, 2.05) is 11.8 Å². The molecule has 1 N–H and O–H groups in total. The molecule has 0 atom stereocenters. The molecule has 0 radical (unpaired) electrons. The topological polar surface area (TPSA) is 15.3 Å². The van der Waals surface area contributed by atoms with Crippen LogP contribution < -0.4 is 5.32 Å². The summed E-state index contributed by atoms with van der Waals surface area (Å²) in [5.41, 5.74) is 1.55. The van der Waals surface area contributed by atoms with E-state index in [1.54, 1.807) is 0 Å². The van der Waals surface area contributed by atoms with Crippen LogP contribution in [0.1, 0.15) is 45.6 Å². The zero-order chi connectivity index (χ0) is 15.1. The first-order valence-corrected chi connectivity index (χ1v) is 9.21. The molecule has 0 spiro atoms. The highest BCUT2D eigenvalue weighted by molar-refractivity contribution is 7.99. The van der Waals surface area contributed by atoms with E-state index in [1.165, 1.54) is 55.1 Å². The molecule has 1 aliphatic rings. The summed E-state index contributed by atoms with van der Waals surface area (Å²) in [4.78, 5) is 4.00. The van der Waals surface area contributed by atoms with Crippen molar-refractivity contribution in [2.45, 2.75) is 57.0 Å². The summed E-state index contributed by atoms with van der Waals surface area (Å²) < 4.78 is 0. The Balaban J connectivity index is 1.64. The molecule has 2 nitrogen and oxygen atoms in total. The Morgan fingerprint density at radius 2 is 1.76 bits per heavy atom. The summed E-state index contributed by atoms with van der Waals surface area (Å²) in [6.45, 7) is 11.5. The van der Waals surface area contributed by atoms with Gasteiger partial charge in [0.25, 0.3) is 0 Å². The molecule has 1 heterocycles. The number of hydrogen-bond acceptors (Lipinski definition) is 3. The van der Waals surface area contributed by atoms with E-state index in [4.69, 9.17) is 0 Å². The summed E-state index contributed by atoms with van der Waals surface area (Å²) >= 11 is 1.99. The van der Waals surface area contributed by atoms with Crippen LogP contribution in [0, 0.1) is 0 Å². The predicted molar refractivity (Wildman–Crippen MR) is 94.0 cm³/mol. The van der Waals surface area contributed by atoms with E-state index in [-0.39, 0.29) is 5.54 Å². The van der Waals surface area contributed by atoms with Crippen molar-refractivity contribution in [2.75, 3.05) is 25.4 Å². The molecule has 0 bridgehead atoms.